The molecule has 1 atom stereocenters. The fraction of sp³-hybridized carbons (Fsp3) is 0.909. The smallest absolute Gasteiger partial charge is 0.354 e. The summed E-state index contributed by atoms with van der Waals surface area (Å²) in [5.41, 5.74) is -0.290. The van der Waals surface area contributed by atoms with E-state index in [2.05, 4.69) is 16.7 Å². The Morgan fingerprint density at radius 3 is 2.53 bits per heavy atom. The van der Waals surface area contributed by atoms with Gasteiger partial charge in [0.2, 0.25) is 0 Å². The monoisotopic (exact) mass is 253 g/mol. The van der Waals surface area contributed by atoms with Crippen molar-refractivity contribution in [2.24, 2.45) is 4.99 Å². The van der Waals surface area contributed by atoms with E-state index < -0.39 is 18.7 Å². The van der Waals surface area contributed by atoms with Crippen LogP contribution in [0.25, 0.3) is 0 Å². The molecular formula is C11H18F3NO2. The molecule has 17 heavy (non-hydrogen) atoms. The largest absolute Gasteiger partial charge is 0.449 e. The molecule has 3 nitrogen and oxygen atoms in total. The number of halogens is 3. The van der Waals surface area contributed by atoms with Gasteiger partial charge in [-0.25, -0.2) is 0 Å². The maximum Gasteiger partial charge on any atom is 0.449 e. The lowest BCUT2D eigenvalue weighted by molar-refractivity contribution is -0.322. The molecule has 0 aromatic heterocycles. The molecule has 1 aliphatic heterocycles. The van der Waals surface area contributed by atoms with Crippen LogP contribution in [-0.4, -0.2) is 29.5 Å². The molecular weight excluding hydrogens is 235 g/mol. The average Bonchev–Trinajstić information content (AvgIpc) is 2.61. The van der Waals surface area contributed by atoms with Crippen molar-refractivity contribution >= 4 is 5.71 Å². The zero-order valence-corrected chi connectivity index (χ0v) is 9.89. The minimum absolute atomic E-state index is 0.139. The second-order valence-electron chi connectivity index (χ2n) is 4.18. The minimum atomic E-state index is -4.81. The van der Waals surface area contributed by atoms with Gasteiger partial charge in [0.1, 0.15) is 6.73 Å². The number of hydrogen-bond acceptors (Lipinski definition) is 3. The van der Waals surface area contributed by atoms with Gasteiger partial charge in [-0.3, -0.25) is 4.99 Å². The highest BCUT2D eigenvalue weighted by molar-refractivity contribution is 5.92. The van der Waals surface area contributed by atoms with Crippen LogP contribution < -0.4 is 0 Å². The fourth-order valence-corrected chi connectivity index (χ4v) is 1.78. The van der Waals surface area contributed by atoms with Gasteiger partial charge < -0.3 is 9.84 Å². The molecule has 0 fully saturated rings. The quantitative estimate of drug-likeness (QED) is 0.739. The van der Waals surface area contributed by atoms with E-state index in [4.69, 9.17) is 0 Å². The molecule has 1 aliphatic rings. The number of aliphatic hydroxyl groups is 1. The Morgan fingerprint density at radius 2 is 1.94 bits per heavy atom. The number of rotatable bonds is 6. The summed E-state index contributed by atoms with van der Waals surface area (Å²) >= 11 is 0. The predicted octanol–water partition coefficient (Wildman–Crippen LogP) is 3.03. The molecule has 1 N–H and O–H groups in total. The second-order valence-corrected chi connectivity index (χ2v) is 4.18. The van der Waals surface area contributed by atoms with E-state index in [1.807, 2.05) is 0 Å². The lowest BCUT2D eigenvalue weighted by Crippen LogP contribution is -2.51. The van der Waals surface area contributed by atoms with E-state index >= 15 is 0 Å². The van der Waals surface area contributed by atoms with Crippen molar-refractivity contribution in [3.05, 3.63) is 0 Å². The first kappa shape index (κ1) is 14.4. The number of ether oxygens (including phenoxy) is 1. The summed E-state index contributed by atoms with van der Waals surface area (Å²) in [4.78, 5) is 3.60. The van der Waals surface area contributed by atoms with Crippen LogP contribution in [0.1, 0.15) is 45.4 Å². The summed E-state index contributed by atoms with van der Waals surface area (Å²) in [5, 5.41) is 9.41. The summed E-state index contributed by atoms with van der Waals surface area (Å²) in [6.07, 6.45) is -0.0784. The lowest BCUT2D eigenvalue weighted by atomic mass is 10.0. The molecule has 0 aromatic carbocycles. The number of unbranched alkanes of at least 4 members (excludes halogenated alkanes) is 4. The Balaban J connectivity index is 2.42. The van der Waals surface area contributed by atoms with Gasteiger partial charge in [0, 0.05) is 0 Å². The van der Waals surface area contributed by atoms with Crippen molar-refractivity contribution in [3.8, 4) is 0 Å². The molecule has 0 radical (unpaired) electrons. The highest BCUT2D eigenvalue weighted by Gasteiger charge is 2.60. The molecule has 1 rings (SSSR count). The molecule has 0 bridgehead atoms. The van der Waals surface area contributed by atoms with Crippen molar-refractivity contribution in [2.45, 2.75) is 57.4 Å². The Bertz CT molecular complexity index is 278. The van der Waals surface area contributed by atoms with E-state index in [1.54, 1.807) is 0 Å². The molecule has 0 saturated heterocycles. The third kappa shape index (κ3) is 3.42. The number of nitrogens with zero attached hydrogens (tertiary/aromatic N) is 1. The van der Waals surface area contributed by atoms with E-state index in [0.29, 0.717) is 6.42 Å². The maximum absolute atomic E-state index is 12.6. The third-order valence-corrected chi connectivity index (χ3v) is 2.82. The van der Waals surface area contributed by atoms with Crippen LogP contribution in [0.4, 0.5) is 13.2 Å². The Kier molecular flexibility index (Phi) is 4.94. The SMILES string of the molecule is CCCCCCCC1=NCOC1(O)C(F)(F)F. The molecule has 0 aliphatic carbocycles. The average molecular weight is 253 g/mol. The van der Waals surface area contributed by atoms with Gasteiger partial charge in [-0.15, -0.1) is 0 Å². The van der Waals surface area contributed by atoms with Gasteiger partial charge in [0.15, 0.2) is 0 Å². The zero-order valence-electron chi connectivity index (χ0n) is 9.89. The van der Waals surface area contributed by atoms with Crippen molar-refractivity contribution in [1.29, 1.82) is 0 Å². The maximum atomic E-state index is 12.6. The van der Waals surface area contributed by atoms with E-state index in [-0.39, 0.29) is 12.1 Å². The van der Waals surface area contributed by atoms with Crippen LogP contribution in [0.3, 0.4) is 0 Å². The first-order chi connectivity index (χ1) is 7.92. The molecule has 1 unspecified atom stereocenters. The van der Waals surface area contributed by atoms with E-state index in [9.17, 15) is 18.3 Å². The van der Waals surface area contributed by atoms with Gasteiger partial charge in [-0.05, 0) is 12.8 Å². The van der Waals surface area contributed by atoms with Crippen molar-refractivity contribution < 1.29 is 23.0 Å². The first-order valence-corrected chi connectivity index (χ1v) is 5.88. The Labute approximate surface area is 98.7 Å². The molecule has 0 saturated carbocycles. The number of hydrogen-bond donors (Lipinski definition) is 1. The number of aliphatic imine (C=N–C) groups is 1. The molecule has 0 aromatic rings. The Hall–Kier alpha value is -0.620. The second kappa shape index (κ2) is 5.82. The molecule has 100 valence electrons. The summed E-state index contributed by atoms with van der Waals surface area (Å²) in [6.45, 7) is 1.65. The molecule has 6 heteroatoms. The van der Waals surface area contributed by atoms with Gasteiger partial charge in [0.05, 0.1) is 5.71 Å². The van der Waals surface area contributed by atoms with Crippen LogP contribution in [0.2, 0.25) is 0 Å². The van der Waals surface area contributed by atoms with Crippen LogP contribution in [0.15, 0.2) is 4.99 Å². The molecule has 0 spiro atoms. The number of alkyl halides is 3. The summed E-state index contributed by atoms with van der Waals surface area (Å²) in [7, 11) is 0. The predicted molar refractivity (Wildman–Crippen MR) is 57.8 cm³/mol. The topological polar surface area (TPSA) is 41.8 Å². The first-order valence-electron chi connectivity index (χ1n) is 5.88. The van der Waals surface area contributed by atoms with Crippen LogP contribution in [0, 0.1) is 0 Å². The van der Waals surface area contributed by atoms with Crippen LogP contribution in [-0.2, 0) is 4.74 Å². The third-order valence-electron chi connectivity index (χ3n) is 2.82. The zero-order chi connectivity index (χ0) is 12.9. The van der Waals surface area contributed by atoms with Crippen molar-refractivity contribution in [3.63, 3.8) is 0 Å². The highest BCUT2D eigenvalue weighted by Crippen LogP contribution is 2.36. The van der Waals surface area contributed by atoms with Gasteiger partial charge in [-0.1, -0.05) is 32.6 Å². The Morgan fingerprint density at radius 1 is 1.29 bits per heavy atom. The lowest BCUT2D eigenvalue weighted by Gasteiger charge is -2.26. The van der Waals surface area contributed by atoms with Crippen molar-refractivity contribution in [2.75, 3.05) is 6.73 Å². The highest BCUT2D eigenvalue weighted by atomic mass is 19.4. The van der Waals surface area contributed by atoms with Crippen molar-refractivity contribution in [1.82, 2.24) is 0 Å². The normalized spacial score (nSPS) is 25.1. The molecule has 1 heterocycles. The summed E-state index contributed by atoms with van der Waals surface area (Å²) in [5.74, 6) is -3.16. The standard InChI is InChI=1S/C11H18F3NO2/c1-2-3-4-5-6-7-9-10(16,11(12,13)14)17-8-15-9/h16H,2-8H2,1H3. The van der Waals surface area contributed by atoms with E-state index in [1.165, 1.54) is 0 Å². The van der Waals surface area contributed by atoms with Gasteiger partial charge in [-0.2, -0.15) is 13.2 Å². The fourth-order valence-electron chi connectivity index (χ4n) is 1.78. The van der Waals surface area contributed by atoms with E-state index in [0.717, 1.165) is 25.7 Å². The van der Waals surface area contributed by atoms with Crippen LogP contribution >= 0.6 is 0 Å². The van der Waals surface area contributed by atoms with Gasteiger partial charge in [0.25, 0.3) is 0 Å². The molecule has 0 amide bonds. The summed E-state index contributed by atoms with van der Waals surface area (Å²) in [6, 6.07) is 0. The minimum Gasteiger partial charge on any atom is -0.354 e. The van der Waals surface area contributed by atoms with Crippen LogP contribution in [0.5, 0.6) is 0 Å². The van der Waals surface area contributed by atoms with Gasteiger partial charge >= 0.3 is 12.0 Å². The summed E-state index contributed by atoms with van der Waals surface area (Å²) < 4.78 is 42.0.